The van der Waals surface area contributed by atoms with Crippen LogP contribution in [0.25, 0.3) is 34.0 Å². The quantitative estimate of drug-likeness (QED) is 0.552. The van der Waals surface area contributed by atoms with E-state index in [4.69, 9.17) is 23.6 Å². The van der Waals surface area contributed by atoms with Crippen LogP contribution in [-0.2, 0) is 4.74 Å². The van der Waals surface area contributed by atoms with E-state index in [-0.39, 0.29) is 6.10 Å². The van der Waals surface area contributed by atoms with Crippen LogP contribution in [0, 0.1) is 6.92 Å². The van der Waals surface area contributed by atoms with Gasteiger partial charge in [-0.15, -0.1) is 0 Å². The van der Waals surface area contributed by atoms with E-state index in [1.54, 1.807) is 13.4 Å². The minimum atomic E-state index is 0.0363. The zero-order chi connectivity index (χ0) is 19.8. The number of nitrogens with zero attached hydrogens (tertiary/aromatic N) is 3. The molecule has 1 saturated heterocycles. The van der Waals surface area contributed by atoms with Crippen LogP contribution in [0.15, 0.2) is 41.1 Å². The van der Waals surface area contributed by atoms with Gasteiger partial charge in [-0.25, -0.2) is 15.0 Å². The van der Waals surface area contributed by atoms with Gasteiger partial charge in [0.25, 0.3) is 0 Å². The number of methoxy groups -OCH3 is 1. The van der Waals surface area contributed by atoms with Gasteiger partial charge in [0.05, 0.1) is 26.7 Å². The number of fused-ring (bicyclic) bond motifs is 1. The number of aromatic amines is 1. The number of furan rings is 1. The van der Waals surface area contributed by atoms with E-state index in [9.17, 15) is 0 Å². The Labute approximate surface area is 166 Å². The van der Waals surface area contributed by atoms with Crippen molar-refractivity contribution in [2.45, 2.75) is 19.4 Å². The lowest BCUT2D eigenvalue weighted by Crippen LogP contribution is -2.15. The SMILES string of the molecule is COc1cc(O[C@@H]2CCOC2)cc(-c2nc(-c3ccc(C)o3)nc3nc[nH]c23)c1. The third-order valence-corrected chi connectivity index (χ3v) is 4.83. The van der Waals surface area contributed by atoms with Crippen LogP contribution >= 0.6 is 0 Å². The maximum absolute atomic E-state index is 6.10. The van der Waals surface area contributed by atoms with Crippen molar-refractivity contribution < 1.29 is 18.6 Å². The van der Waals surface area contributed by atoms with E-state index < -0.39 is 0 Å². The first kappa shape index (κ1) is 17.7. The molecule has 1 fully saturated rings. The first-order chi connectivity index (χ1) is 14.2. The lowest BCUT2D eigenvalue weighted by atomic mass is 10.1. The second-order valence-corrected chi connectivity index (χ2v) is 6.91. The summed E-state index contributed by atoms with van der Waals surface area (Å²) in [5.41, 5.74) is 2.83. The van der Waals surface area contributed by atoms with E-state index in [0.29, 0.717) is 47.6 Å². The summed E-state index contributed by atoms with van der Waals surface area (Å²) in [4.78, 5) is 16.7. The summed E-state index contributed by atoms with van der Waals surface area (Å²) in [5, 5.41) is 0. The summed E-state index contributed by atoms with van der Waals surface area (Å²) >= 11 is 0. The molecule has 0 radical (unpaired) electrons. The molecular formula is C21H20N4O4. The van der Waals surface area contributed by atoms with E-state index >= 15 is 0 Å². The van der Waals surface area contributed by atoms with Gasteiger partial charge in [0.15, 0.2) is 17.2 Å². The van der Waals surface area contributed by atoms with Crippen LogP contribution in [0.3, 0.4) is 0 Å². The molecular weight excluding hydrogens is 372 g/mol. The van der Waals surface area contributed by atoms with Crippen LogP contribution in [0.1, 0.15) is 12.2 Å². The van der Waals surface area contributed by atoms with Crippen molar-refractivity contribution in [1.29, 1.82) is 0 Å². The standard InChI is InChI=1S/C21H20N4O4/c1-12-3-4-17(28-12)20-24-18(19-21(25-20)23-11-22-19)13-7-15(26-2)9-16(8-13)29-14-5-6-27-10-14/h3-4,7-9,11,14H,5-6,10H2,1-2H3,(H,22,23,24,25)/t14-/m1/s1. The molecule has 0 aliphatic carbocycles. The lowest BCUT2D eigenvalue weighted by molar-refractivity contribution is 0.141. The Hall–Kier alpha value is -3.39. The zero-order valence-electron chi connectivity index (χ0n) is 16.1. The van der Waals surface area contributed by atoms with E-state index in [0.717, 1.165) is 23.3 Å². The molecule has 0 saturated carbocycles. The van der Waals surface area contributed by atoms with Crippen molar-refractivity contribution in [1.82, 2.24) is 19.9 Å². The molecule has 1 atom stereocenters. The number of H-pyrrole nitrogens is 1. The van der Waals surface area contributed by atoms with Gasteiger partial charge in [0, 0.05) is 18.1 Å². The fourth-order valence-corrected chi connectivity index (χ4v) is 3.40. The second kappa shape index (κ2) is 7.21. The predicted molar refractivity (Wildman–Crippen MR) is 106 cm³/mol. The molecule has 3 aromatic heterocycles. The molecule has 29 heavy (non-hydrogen) atoms. The molecule has 1 aliphatic heterocycles. The van der Waals surface area contributed by atoms with Crippen LogP contribution in [0.5, 0.6) is 11.5 Å². The van der Waals surface area contributed by atoms with Gasteiger partial charge in [-0.1, -0.05) is 0 Å². The molecule has 1 N–H and O–H groups in total. The van der Waals surface area contributed by atoms with Crippen LogP contribution in [0.4, 0.5) is 0 Å². The van der Waals surface area contributed by atoms with Crippen molar-refractivity contribution in [2.75, 3.05) is 20.3 Å². The monoisotopic (exact) mass is 392 g/mol. The van der Waals surface area contributed by atoms with Gasteiger partial charge in [-0.05, 0) is 31.2 Å². The summed E-state index contributed by atoms with van der Waals surface area (Å²) < 4.78 is 22.7. The van der Waals surface area contributed by atoms with E-state index in [1.807, 2.05) is 37.3 Å². The Morgan fingerprint density at radius 1 is 1.14 bits per heavy atom. The smallest absolute Gasteiger partial charge is 0.198 e. The number of imidazole rings is 1. The minimum absolute atomic E-state index is 0.0363. The fourth-order valence-electron chi connectivity index (χ4n) is 3.40. The maximum atomic E-state index is 6.10. The Kier molecular flexibility index (Phi) is 4.40. The molecule has 4 heterocycles. The Morgan fingerprint density at radius 3 is 2.79 bits per heavy atom. The summed E-state index contributed by atoms with van der Waals surface area (Å²) in [6.07, 6.45) is 2.51. The maximum Gasteiger partial charge on any atom is 0.198 e. The summed E-state index contributed by atoms with van der Waals surface area (Å²) in [7, 11) is 1.63. The molecule has 0 bridgehead atoms. The molecule has 8 nitrogen and oxygen atoms in total. The van der Waals surface area contributed by atoms with Gasteiger partial charge < -0.3 is 23.6 Å². The van der Waals surface area contributed by atoms with Crippen LogP contribution < -0.4 is 9.47 Å². The number of nitrogens with one attached hydrogen (secondary N) is 1. The fraction of sp³-hybridized carbons (Fsp3) is 0.286. The molecule has 5 rings (SSSR count). The third kappa shape index (κ3) is 3.42. The topological polar surface area (TPSA) is 95.3 Å². The number of hydrogen-bond acceptors (Lipinski definition) is 7. The number of ether oxygens (including phenoxy) is 3. The predicted octanol–water partition coefficient (Wildman–Crippen LogP) is 3.76. The van der Waals surface area contributed by atoms with Gasteiger partial charge in [-0.2, -0.15) is 0 Å². The van der Waals surface area contributed by atoms with Crippen molar-refractivity contribution >= 4 is 11.2 Å². The molecule has 148 valence electrons. The molecule has 1 aromatic carbocycles. The van der Waals surface area contributed by atoms with Crippen LogP contribution in [0.2, 0.25) is 0 Å². The first-order valence-electron chi connectivity index (χ1n) is 9.41. The number of hydrogen-bond donors (Lipinski definition) is 1. The third-order valence-electron chi connectivity index (χ3n) is 4.83. The zero-order valence-corrected chi connectivity index (χ0v) is 16.1. The largest absolute Gasteiger partial charge is 0.497 e. The summed E-state index contributed by atoms with van der Waals surface area (Å²) in [6, 6.07) is 9.46. The summed E-state index contributed by atoms with van der Waals surface area (Å²) in [5.74, 6) is 3.25. The number of aromatic nitrogens is 4. The Bertz CT molecular complexity index is 1160. The normalized spacial score (nSPS) is 16.4. The lowest BCUT2D eigenvalue weighted by Gasteiger charge is -2.14. The van der Waals surface area contributed by atoms with Gasteiger partial charge in [0.2, 0.25) is 0 Å². The van der Waals surface area contributed by atoms with Gasteiger partial charge in [-0.3, -0.25) is 0 Å². The average molecular weight is 392 g/mol. The van der Waals surface area contributed by atoms with Crippen molar-refractivity contribution in [3.63, 3.8) is 0 Å². The van der Waals surface area contributed by atoms with Crippen molar-refractivity contribution in [3.8, 4) is 34.3 Å². The van der Waals surface area contributed by atoms with Crippen molar-refractivity contribution in [3.05, 3.63) is 42.4 Å². The Balaban J connectivity index is 1.63. The molecule has 4 aromatic rings. The van der Waals surface area contributed by atoms with Crippen LogP contribution in [-0.4, -0.2) is 46.4 Å². The average Bonchev–Trinajstić information content (AvgIpc) is 3.48. The van der Waals surface area contributed by atoms with E-state index in [2.05, 4.69) is 15.0 Å². The highest BCUT2D eigenvalue weighted by Crippen LogP contribution is 2.34. The number of benzene rings is 1. The van der Waals surface area contributed by atoms with Gasteiger partial charge >= 0.3 is 0 Å². The summed E-state index contributed by atoms with van der Waals surface area (Å²) in [6.45, 7) is 3.19. The molecule has 1 aliphatic rings. The van der Waals surface area contributed by atoms with Gasteiger partial charge in [0.1, 0.15) is 34.6 Å². The van der Waals surface area contributed by atoms with E-state index in [1.165, 1.54) is 0 Å². The highest BCUT2D eigenvalue weighted by atomic mass is 16.5. The molecule has 0 unspecified atom stereocenters. The number of rotatable bonds is 5. The highest BCUT2D eigenvalue weighted by molar-refractivity contribution is 5.89. The number of aryl methyl sites for hydroxylation is 1. The molecule has 0 spiro atoms. The molecule has 0 amide bonds. The first-order valence-corrected chi connectivity index (χ1v) is 9.41. The minimum Gasteiger partial charge on any atom is -0.497 e. The second-order valence-electron chi connectivity index (χ2n) is 6.91. The highest BCUT2D eigenvalue weighted by Gasteiger charge is 2.20. The van der Waals surface area contributed by atoms with Crippen molar-refractivity contribution in [2.24, 2.45) is 0 Å². The molecule has 8 heteroatoms. The Morgan fingerprint density at radius 2 is 2.03 bits per heavy atom.